The quantitative estimate of drug-likeness (QED) is 0.699. The van der Waals surface area contributed by atoms with Gasteiger partial charge in [-0.15, -0.1) is 0 Å². The molecule has 0 unspecified atom stereocenters. The molecule has 7 heteroatoms. The second-order valence-corrected chi connectivity index (χ2v) is 10.7. The number of rotatable bonds is 6. The molecule has 0 bridgehead atoms. The molecule has 2 aliphatic rings. The van der Waals surface area contributed by atoms with Crippen molar-refractivity contribution in [1.82, 2.24) is 14.5 Å². The van der Waals surface area contributed by atoms with Gasteiger partial charge in [-0.05, 0) is 64.2 Å². The van der Waals surface area contributed by atoms with Crippen molar-refractivity contribution in [2.75, 3.05) is 32.7 Å². The van der Waals surface area contributed by atoms with Gasteiger partial charge in [0.1, 0.15) is 0 Å². The van der Waals surface area contributed by atoms with Crippen molar-refractivity contribution in [3.05, 3.63) is 41.0 Å². The maximum atomic E-state index is 13.0. The van der Waals surface area contributed by atoms with E-state index < -0.39 is 10.0 Å². The lowest BCUT2D eigenvalue weighted by atomic mass is 10.0. The summed E-state index contributed by atoms with van der Waals surface area (Å²) < 4.78 is 27.5. The summed E-state index contributed by atoms with van der Waals surface area (Å²) in [4.78, 5) is 15.6. The first-order valence-electron chi connectivity index (χ1n) is 11.0. The molecule has 3 rings (SSSR count). The monoisotopic (exact) mass is 433 g/mol. The number of benzene rings is 1. The average Bonchev–Trinajstić information content (AvgIpc) is 2.74. The normalized spacial score (nSPS) is 19.4. The average molecular weight is 434 g/mol. The van der Waals surface area contributed by atoms with E-state index in [1.54, 1.807) is 22.5 Å². The lowest BCUT2D eigenvalue weighted by molar-refractivity contribution is 0.0913. The summed E-state index contributed by atoms with van der Waals surface area (Å²) in [6.45, 7) is 10.1. The largest absolute Gasteiger partial charge is 0.349 e. The van der Waals surface area contributed by atoms with Gasteiger partial charge >= 0.3 is 0 Å². The molecule has 1 amide bonds. The summed E-state index contributed by atoms with van der Waals surface area (Å²) in [5.41, 5.74) is 2.58. The maximum absolute atomic E-state index is 13.0. The lowest BCUT2D eigenvalue weighted by Crippen LogP contribution is -2.44. The van der Waals surface area contributed by atoms with Gasteiger partial charge < -0.3 is 5.32 Å². The number of likely N-dealkylation sites (tertiary alicyclic amines) is 1. The molecule has 0 atom stereocenters. The summed E-state index contributed by atoms with van der Waals surface area (Å²) in [6, 6.07) is 5.05. The molecule has 2 aliphatic heterocycles. The number of amides is 1. The molecule has 0 aromatic heterocycles. The minimum Gasteiger partial charge on any atom is -0.349 e. The van der Waals surface area contributed by atoms with E-state index in [4.69, 9.17) is 0 Å². The SMILES string of the molecule is CC(C)=CCN1CCC(NC(=O)c2cc(S(=O)(=O)N3CCCCC3)ccc2C)CC1. The zero-order chi connectivity index (χ0) is 21.7. The number of nitrogens with zero attached hydrogens (tertiary/aromatic N) is 2. The number of nitrogens with one attached hydrogen (secondary N) is 1. The zero-order valence-electron chi connectivity index (χ0n) is 18.5. The van der Waals surface area contributed by atoms with Crippen LogP contribution in [0.15, 0.2) is 34.7 Å². The second kappa shape index (κ2) is 10.1. The first kappa shape index (κ1) is 23.0. The highest BCUT2D eigenvalue weighted by atomic mass is 32.2. The fourth-order valence-corrected chi connectivity index (χ4v) is 5.64. The van der Waals surface area contributed by atoms with Gasteiger partial charge in [-0.1, -0.05) is 24.1 Å². The van der Waals surface area contributed by atoms with Crippen molar-refractivity contribution in [3.8, 4) is 0 Å². The molecule has 0 aliphatic carbocycles. The third-order valence-electron chi connectivity index (χ3n) is 6.09. The number of carbonyl (C=O) groups excluding carboxylic acids is 1. The van der Waals surface area contributed by atoms with Gasteiger partial charge in [-0.3, -0.25) is 9.69 Å². The van der Waals surface area contributed by atoms with Crippen LogP contribution in [0.1, 0.15) is 61.9 Å². The number of hydrogen-bond donors (Lipinski definition) is 1. The Kier molecular flexibility index (Phi) is 7.71. The molecule has 0 spiro atoms. The van der Waals surface area contributed by atoms with Crippen molar-refractivity contribution in [3.63, 3.8) is 0 Å². The Bertz CT molecular complexity index is 877. The van der Waals surface area contributed by atoms with Crippen molar-refractivity contribution >= 4 is 15.9 Å². The topological polar surface area (TPSA) is 69.7 Å². The Morgan fingerprint density at radius 3 is 2.40 bits per heavy atom. The summed E-state index contributed by atoms with van der Waals surface area (Å²) in [5.74, 6) is -0.175. The molecule has 30 heavy (non-hydrogen) atoms. The summed E-state index contributed by atoms with van der Waals surface area (Å²) in [5, 5.41) is 3.13. The van der Waals surface area contributed by atoms with Crippen molar-refractivity contribution < 1.29 is 13.2 Å². The van der Waals surface area contributed by atoms with Gasteiger partial charge in [0.2, 0.25) is 10.0 Å². The Balaban J connectivity index is 1.65. The van der Waals surface area contributed by atoms with Crippen LogP contribution in [0.4, 0.5) is 0 Å². The molecule has 2 saturated heterocycles. The molecule has 2 fully saturated rings. The van der Waals surface area contributed by atoms with Crippen molar-refractivity contribution in [2.24, 2.45) is 0 Å². The van der Waals surface area contributed by atoms with Crippen LogP contribution in [0.3, 0.4) is 0 Å². The molecule has 0 radical (unpaired) electrons. The van der Waals surface area contributed by atoms with E-state index in [0.29, 0.717) is 18.7 Å². The first-order valence-corrected chi connectivity index (χ1v) is 12.5. The number of carbonyl (C=O) groups is 1. The van der Waals surface area contributed by atoms with Crippen molar-refractivity contribution in [1.29, 1.82) is 0 Å². The van der Waals surface area contributed by atoms with Gasteiger partial charge in [0.05, 0.1) is 4.90 Å². The van der Waals surface area contributed by atoms with Gasteiger partial charge in [0, 0.05) is 44.3 Å². The Hall–Kier alpha value is -1.70. The molecule has 6 nitrogen and oxygen atoms in total. The van der Waals surface area contributed by atoms with E-state index in [1.807, 2.05) is 6.92 Å². The van der Waals surface area contributed by atoms with E-state index in [-0.39, 0.29) is 16.8 Å². The number of allylic oxidation sites excluding steroid dienone is 1. The molecule has 0 saturated carbocycles. The molecule has 1 N–H and O–H groups in total. The maximum Gasteiger partial charge on any atom is 0.251 e. The highest BCUT2D eigenvalue weighted by Crippen LogP contribution is 2.23. The third-order valence-corrected chi connectivity index (χ3v) is 7.98. The lowest BCUT2D eigenvalue weighted by Gasteiger charge is -2.32. The van der Waals surface area contributed by atoms with Crippen LogP contribution in [0.5, 0.6) is 0 Å². The van der Waals surface area contributed by atoms with E-state index in [2.05, 4.69) is 30.1 Å². The van der Waals surface area contributed by atoms with Crippen LogP contribution in [-0.2, 0) is 10.0 Å². The van der Waals surface area contributed by atoms with E-state index in [9.17, 15) is 13.2 Å². The van der Waals surface area contributed by atoms with Gasteiger partial charge in [-0.2, -0.15) is 4.31 Å². The number of aryl methyl sites for hydroxylation is 1. The molecular formula is C23H35N3O3S. The highest BCUT2D eigenvalue weighted by molar-refractivity contribution is 7.89. The van der Waals surface area contributed by atoms with Crippen LogP contribution in [0.2, 0.25) is 0 Å². The molecule has 166 valence electrons. The van der Waals surface area contributed by atoms with Crippen LogP contribution >= 0.6 is 0 Å². The van der Waals surface area contributed by atoms with Crippen LogP contribution in [0, 0.1) is 6.92 Å². The van der Waals surface area contributed by atoms with Crippen molar-refractivity contribution in [2.45, 2.75) is 63.8 Å². The van der Waals surface area contributed by atoms with E-state index in [1.165, 1.54) is 5.57 Å². The predicted molar refractivity (Wildman–Crippen MR) is 120 cm³/mol. The third kappa shape index (κ3) is 5.71. The highest BCUT2D eigenvalue weighted by Gasteiger charge is 2.27. The number of sulfonamides is 1. The Morgan fingerprint density at radius 1 is 1.10 bits per heavy atom. The smallest absolute Gasteiger partial charge is 0.251 e. The first-order chi connectivity index (χ1) is 14.3. The van der Waals surface area contributed by atoms with Crippen LogP contribution < -0.4 is 5.32 Å². The summed E-state index contributed by atoms with van der Waals surface area (Å²) in [7, 11) is -3.55. The number of piperidine rings is 2. The molecular weight excluding hydrogens is 398 g/mol. The van der Waals surface area contributed by atoms with E-state index >= 15 is 0 Å². The summed E-state index contributed by atoms with van der Waals surface area (Å²) in [6.07, 6.45) is 6.91. The minimum atomic E-state index is -3.55. The number of hydrogen-bond acceptors (Lipinski definition) is 4. The fourth-order valence-electron chi connectivity index (χ4n) is 4.10. The standard InChI is InChI=1S/C23H35N3O3S/c1-18(2)9-14-25-15-10-20(11-16-25)24-23(27)22-17-21(8-7-19(22)3)30(28,29)26-12-5-4-6-13-26/h7-9,17,20H,4-6,10-16H2,1-3H3,(H,24,27). The second-order valence-electron chi connectivity index (χ2n) is 8.77. The minimum absolute atomic E-state index is 0.127. The Morgan fingerprint density at radius 2 is 1.77 bits per heavy atom. The van der Waals surface area contributed by atoms with Gasteiger partial charge in [0.15, 0.2) is 0 Å². The molecule has 1 aromatic rings. The van der Waals surface area contributed by atoms with E-state index in [0.717, 1.165) is 57.3 Å². The van der Waals surface area contributed by atoms with Gasteiger partial charge in [0.25, 0.3) is 5.91 Å². The predicted octanol–water partition coefficient (Wildman–Crippen LogP) is 3.33. The Labute approximate surface area is 181 Å². The zero-order valence-corrected chi connectivity index (χ0v) is 19.3. The van der Waals surface area contributed by atoms with Gasteiger partial charge in [-0.25, -0.2) is 8.42 Å². The molecule has 1 aromatic carbocycles. The summed E-state index contributed by atoms with van der Waals surface area (Å²) >= 11 is 0. The molecule has 2 heterocycles. The van der Waals surface area contributed by atoms with Crippen LogP contribution in [-0.4, -0.2) is 62.3 Å². The van der Waals surface area contributed by atoms with Crippen LogP contribution in [0.25, 0.3) is 0 Å². The fraction of sp³-hybridized carbons (Fsp3) is 0.609.